The minimum atomic E-state index is 0.143. The van der Waals surface area contributed by atoms with Crippen LogP contribution in [-0.2, 0) is 6.42 Å². The number of pyridine rings is 1. The number of unbranched alkanes of at least 4 members (excludes halogenated alkanes) is 9. The maximum Gasteiger partial charge on any atom is 0.197 e. The summed E-state index contributed by atoms with van der Waals surface area (Å²) in [5.74, 6) is 0. The monoisotopic (exact) mass is 363 g/mol. The van der Waals surface area contributed by atoms with E-state index in [1.54, 1.807) is 0 Å². The van der Waals surface area contributed by atoms with E-state index in [-0.39, 0.29) is 5.43 Å². The third kappa shape index (κ3) is 5.45. The van der Waals surface area contributed by atoms with Crippen LogP contribution in [-0.4, -0.2) is 4.98 Å². The molecular weight excluding hydrogens is 330 g/mol. The lowest BCUT2D eigenvalue weighted by Gasteiger charge is -2.06. The summed E-state index contributed by atoms with van der Waals surface area (Å²) < 4.78 is 0. The van der Waals surface area contributed by atoms with Crippen LogP contribution in [0.15, 0.2) is 47.3 Å². The number of aromatic amines is 1. The fourth-order valence-corrected chi connectivity index (χ4v) is 3.94. The normalized spacial score (nSPS) is 11.4. The van der Waals surface area contributed by atoms with E-state index in [0.29, 0.717) is 0 Å². The second-order valence-electron chi connectivity index (χ2n) is 7.81. The molecule has 3 rings (SSSR count). The van der Waals surface area contributed by atoms with Crippen molar-refractivity contribution in [1.29, 1.82) is 0 Å². The van der Waals surface area contributed by atoms with Crippen LogP contribution in [0.3, 0.4) is 0 Å². The minimum Gasteiger partial charge on any atom is -0.354 e. The Morgan fingerprint density at radius 1 is 0.704 bits per heavy atom. The van der Waals surface area contributed by atoms with Crippen LogP contribution in [0.5, 0.6) is 0 Å². The van der Waals surface area contributed by atoms with Gasteiger partial charge in [-0.05, 0) is 42.7 Å². The third-order valence-electron chi connectivity index (χ3n) is 5.59. The van der Waals surface area contributed by atoms with Crippen LogP contribution in [0.1, 0.15) is 76.7 Å². The second-order valence-corrected chi connectivity index (χ2v) is 7.81. The summed E-state index contributed by atoms with van der Waals surface area (Å²) in [5.41, 5.74) is 3.27. The average molecular weight is 364 g/mol. The molecule has 0 atom stereocenters. The van der Waals surface area contributed by atoms with E-state index in [9.17, 15) is 4.79 Å². The molecule has 0 aliphatic rings. The maximum atomic E-state index is 12.8. The number of nitrogens with one attached hydrogen (secondary N) is 1. The van der Waals surface area contributed by atoms with Gasteiger partial charge in [-0.25, -0.2) is 0 Å². The Morgan fingerprint density at radius 2 is 1.33 bits per heavy atom. The van der Waals surface area contributed by atoms with Gasteiger partial charge in [-0.3, -0.25) is 4.79 Å². The van der Waals surface area contributed by atoms with Gasteiger partial charge in [0.1, 0.15) is 0 Å². The van der Waals surface area contributed by atoms with Gasteiger partial charge < -0.3 is 4.98 Å². The van der Waals surface area contributed by atoms with E-state index >= 15 is 0 Å². The van der Waals surface area contributed by atoms with Crippen LogP contribution < -0.4 is 5.43 Å². The van der Waals surface area contributed by atoms with E-state index in [0.717, 1.165) is 28.2 Å². The first-order chi connectivity index (χ1) is 13.3. The predicted octanol–water partition coefficient (Wildman–Crippen LogP) is 7.14. The molecule has 0 bridgehead atoms. The van der Waals surface area contributed by atoms with Gasteiger partial charge >= 0.3 is 0 Å². The van der Waals surface area contributed by atoms with Gasteiger partial charge in [-0.1, -0.05) is 82.9 Å². The molecule has 1 heterocycles. The second kappa shape index (κ2) is 10.3. The van der Waals surface area contributed by atoms with E-state index in [1.165, 1.54) is 69.8 Å². The smallest absolute Gasteiger partial charge is 0.197 e. The molecular formula is C25H33NO. The summed E-state index contributed by atoms with van der Waals surface area (Å²) >= 11 is 0. The fraction of sp³-hybridized carbons (Fsp3) is 0.480. The molecule has 144 valence electrons. The van der Waals surface area contributed by atoms with Crippen molar-refractivity contribution in [3.8, 4) is 0 Å². The number of hydrogen-bond donors (Lipinski definition) is 1. The molecule has 0 saturated heterocycles. The lowest BCUT2D eigenvalue weighted by molar-refractivity contribution is 0.556. The van der Waals surface area contributed by atoms with Crippen LogP contribution in [0.2, 0.25) is 0 Å². The molecule has 1 N–H and O–H groups in total. The van der Waals surface area contributed by atoms with Gasteiger partial charge in [-0.15, -0.1) is 0 Å². The van der Waals surface area contributed by atoms with Gasteiger partial charge in [0.05, 0.1) is 0 Å². The topological polar surface area (TPSA) is 32.9 Å². The zero-order valence-electron chi connectivity index (χ0n) is 16.7. The van der Waals surface area contributed by atoms with Gasteiger partial charge in [0.15, 0.2) is 5.43 Å². The first kappa shape index (κ1) is 19.7. The Labute approximate surface area is 163 Å². The van der Waals surface area contributed by atoms with Crippen molar-refractivity contribution in [2.75, 3.05) is 0 Å². The summed E-state index contributed by atoms with van der Waals surface area (Å²) in [6, 6.07) is 14.1. The molecule has 0 radical (unpaired) electrons. The number of para-hydroxylation sites is 1. The molecule has 0 saturated carbocycles. The van der Waals surface area contributed by atoms with E-state index < -0.39 is 0 Å². The molecule has 0 fully saturated rings. The Morgan fingerprint density at radius 3 is 2.07 bits per heavy atom. The highest BCUT2D eigenvalue weighted by Crippen LogP contribution is 2.18. The van der Waals surface area contributed by atoms with Crippen LogP contribution in [0.25, 0.3) is 21.8 Å². The number of rotatable bonds is 11. The Kier molecular flexibility index (Phi) is 7.50. The lowest BCUT2D eigenvalue weighted by Crippen LogP contribution is -2.04. The summed E-state index contributed by atoms with van der Waals surface area (Å²) in [7, 11) is 0. The average Bonchev–Trinajstić information content (AvgIpc) is 2.70. The van der Waals surface area contributed by atoms with Crippen LogP contribution in [0, 0.1) is 0 Å². The van der Waals surface area contributed by atoms with Crippen LogP contribution >= 0.6 is 0 Å². The van der Waals surface area contributed by atoms with E-state index in [4.69, 9.17) is 0 Å². The molecule has 2 aromatic carbocycles. The van der Waals surface area contributed by atoms with Crippen molar-refractivity contribution in [3.63, 3.8) is 0 Å². The highest BCUT2D eigenvalue weighted by Gasteiger charge is 2.06. The molecule has 0 unspecified atom stereocenters. The van der Waals surface area contributed by atoms with Gasteiger partial charge in [0.2, 0.25) is 0 Å². The lowest BCUT2D eigenvalue weighted by atomic mass is 10.0. The van der Waals surface area contributed by atoms with Gasteiger partial charge in [-0.2, -0.15) is 0 Å². The Bertz CT molecular complexity index is 909. The fourth-order valence-electron chi connectivity index (χ4n) is 3.94. The first-order valence-corrected chi connectivity index (χ1v) is 10.8. The van der Waals surface area contributed by atoms with E-state index in [1.807, 2.05) is 24.3 Å². The quantitative estimate of drug-likeness (QED) is 0.285. The van der Waals surface area contributed by atoms with Gasteiger partial charge in [0.25, 0.3) is 0 Å². The highest BCUT2D eigenvalue weighted by atomic mass is 16.1. The Balaban J connectivity index is 1.48. The van der Waals surface area contributed by atoms with Crippen molar-refractivity contribution >= 4 is 21.8 Å². The summed E-state index contributed by atoms with van der Waals surface area (Å²) in [6.07, 6.45) is 14.6. The number of aromatic nitrogens is 1. The molecule has 27 heavy (non-hydrogen) atoms. The van der Waals surface area contributed by atoms with Crippen molar-refractivity contribution in [1.82, 2.24) is 4.98 Å². The molecule has 2 nitrogen and oxygen atoms in total. The molecule has 2 heteroatoms. The molecule has 3 aromatic rings. The highest BCUT2D eigenvalue weighted by molar-refractivity contribution is 5.92. The zero-order chi connectivity index (χ0) is 18.9. The molecule has 0 aliphatic heterocycles. The molecule has 0 aliphatic carbocycles. The molecule has 1 aromatic heterocycles. The SMILES string of the molecule is CCCCCCCCCCCCc1ccc2[nH]c3ccccc3c(=O)c2c1. The van der Waals surface area contributed by atoms with Crippen molar-refractivity contribution in [2.24, 2.45) is 0 Å². The molecule has 0 spiro atoms. The summed E-state index contributed by atoms with van der Waals surface area (Å²) in [6.45, 7) is 2.27. The minimum absolute atomic E-state index is 0.143. The first-order valence-electron chi connectivity index (χ1n) is 10.8. The van der Waals surface area contributed by atoms with Crippen molar-refractivity contribution < 1.29 is 0 Å². The largest absolute Gasteiger partial charge is 0.354 e. The van der Waals surface area contributed by atoms with Crippen molar-refractivity contribution in [2.45, 2.75) is 77.6 Å². The number of benzene rings is 2. The predicted molar refractivity (Wildman–Crippen MR) is 118 cm³/mol. The number of fused-ring (bicyclic) bond motifs is 2. The summed E-state index contributed by atoms with van der Waals surface area (Å²) in [5, 5.41) is 1.60. The third-order valence-corrected chi connectivity index (χ3v) is 5.59. The van der Waals surface area contributed by atoms with E-state index in [2.05, 4.69) is 30.1 Å². The summed E-state index contributed by atoms with van der Waals surface area (Å²) in [4.78, 5) is 16.1. The van der Waals surface area contributed by atoms with Crippen LogP contribution in [0.4, 0.5) is 0 Å². The number of aryl methyl sites for hydroxylation is 1. The van der Waals surface area contributed by atoms with Crippen molar-refractivity contribution in [3.05, 3.63) is 58.3 Å². The van der Waals surface area contributed by atoms with Gasteiger partial charge in [0, 0.05) is 21.8 Å². The molecule has 0 amide bonds. The number of H-pyrrole nitrogens is 1. The number of hydrogen-bond acceptors (Lipinski definition) is 1. The zero-order valence-corrected chi connectivity index (χ0v) is 16.7. The Hall–Kier alpha value is -2.09. The maximum absolute atomic E-state index is 12.8. The standard InChI is InChI=1S/C25H33NO/c1-2-3-4-5-6-7-8-9-10-11-14-20-17-18-24-22(19-20)25(27)21-15-12-13-16-23(21)26-24/h12-13,15-19H,2-11,14H2,1H3,(H,26,27).